The van der Waals surface area contributed by atoms with Crippen LogP contribution in [-0.4, -0.2) is 0 Å². The van der Waals surface area contributed by atoms with Crippen LogP contribution < -0.4 is 9.47 Å². The smallest absolute Gasteiger partial charge is 0.278 e. The molecule has 28 heavy (non-hydrogen) atoms. The van der Waals surface area contributed by atoms with Crippen LogP contribution in [0.3, 0.4) is 0 Å². The van der Waals surface area contributed by atoms with E-state index in [1.807, 2.05) is 36.4 Å². The molecule has 6 rings (SSSR count). The zero-order chi connectivity index (χ0) is 18.7. The van der Waals surface area contributed by atoms with E-state index in [2.05, 4.69) is 48.5 Å². The van der Waals surface area contributed by atoms with E-state index >= 15 is 0 Å². The second kappa shape index (κ2) is 5.76. The number of benzene rings is 4. The minimum Gasteiger partial charge on any atom is -0.448 e. The molecule has 0 saturated carbocycles. The van der Waals surface area contributed by atoms with E-state index < -0.39 is 5.79 Å². The Morgan fingerprint density at radius 2 is 1.54 bits per heavy atom. The van der Waals surface area contributed by atoms with Crippen LogP contribution in [-0.2, 0) is 5.79 Å². The lowest BCUT2D eigenvalue weighted by molar-refractivity contribution is -0.148. The molecule has 0 amide bonds. The molecule has 2 atom stereocenters. The molecule has 2 nitrogen and oxygen atoms in total. The summed E-state index contributed by atoms with van der Waals surface area (Å²) in [6.07, 6.45) is 0.714. The summed E-state index contributed by atoms with van der Waals surface area (Å²) in [6.45, 7) is 0. The zero-order valence-electron chi connectivity index (χ0n) is 15.1. The third-order valence-electron chi connectivity index (χ3n) is 5.86. The standard InChI is InChI=1S/C25H17ClO2/c26-18-11-13-22-20(14-18)21-15-25(27-22,17-7-2-1-3-8-17)28-23-12-10-16-6-4-5-9-19(16)24(21)23/h1-14,21H,15H2/t21-,25-/m1/s1. The summed E-state index contributed by atoms with van der Waals surface area (Å²) in [5.41, 5.74) is 3.37. The molecule has 0 fully saturated rings. The summed E-state index contributed by atoms with van der Waals surface area (Å²) in [6, 6.07) is 28.7. The fraction of sp³-hybridized carbons (Fsp3) is 0.120. The molecule has 0 aliphatic carbocycles. The van der Waals surface area contributed by atoms with E-state index in [1.54, 1.807) is 0 Å². The van der Waals surface area contributed by atoms with Gasteiger partial charge in [-0.15, -0.1) is 0 Å². The molecule has 2 bridgehead atoms. The van der Waals surface area contributed by atoms with E-state index in [9.17, 15) is 0 Å². The van der Waals surface area contributed by atoms with Crippen LogP contribution in [0.2, 0.25) is 5.02 Å². The van der Waals surface area contributed by atoms with Crippen molar-refractivity contribution in [2.75, 3.05) is 0 Å². The van der Waals surface area contributed by atoms with Crippen molar-refractivity contribution in [3.63, 3.8) is 0 Å². The highest BCUT2D eigenvalue weighted by molar-refractivity contribution is 6.30. The van der Waals surface area contributed by atoms with Crippen molar-refractivity contribution in [3.8, 4) is 11.5 Å². The van der Waals surface area contributed by atoms with Gasteiger partial charge in [0.2, 0.25) is 0 Å². The van der Waals surface area contributed by atoms with Crippen molar-refractivity contribution in [2.45, 2.75) is 18.1 Å². The predicted molar refractivity (Wildman–Crippen MR) is 111 cm³/mol. The van der Waals surface area contributed by atoms with Gasteiger partial charge < -0.3 is 9.47 Å². The van der Waals surface area contributed by atoms with Crippen LogP contribution >= 0.6 is 11.6 Å². The second-order valence-electron chi connectivity index (χ2n) is 7.46. The van der Waals surface area contributed by atoms with Crippen molar-refractivity contribution >= 4 is 22.4 Å². The van der Waals surface area contributed by atoms with E-state index in [-0.39, 0.29) is 5.92 Å². The topological polar surface area (TPSA) is 18.5 Å². The van der Waals surface area contributed by atoms with Gasteiger partial charge in [0.1, 0.15) is 11.5 Å². The largest absolute Gasteiger partial charge is 0.448 e. The molecule has 2 aliphatic heterocycles. The Morgan fingerprint density at radius 3 is 2.43 bits per heavy atom. The Labute approximate surface area is 168 Å². The summed E-state index contributed by atoms with van der Waals surface area (Å²) < 4.78 is 13.1. The zero-order valence-corrected chi connectivity index (χ0v) is 15.8. The number of halogens is 1. The molecule has 0 N–H and O–H groups in total. The number of rotatable bonds is 1. The van der Waals surface area contributed by atoms with Crippen LogP contribution in [0.1, 0.15) is 29.0 Å². The molecule has 2 heterocycles. The number of ether oxygens (including phenoxy) is 2. The summed E-state index contributed by atoms with van der Waals surface area (Å²) in [7, 11) is 0. The molecular formula is C25H17ClO2. The monoisotopic (exact) mass is 384 g/mol. The van der Waals surface area contributed by atoms with E-state index in [4.69, 9.17) is 21.1 Å². The average Bonchev–Trinajstić information content (AvgIpc) is 2.74. The lowest BCUT2D eigenvalue weighted by atomic mass is 9.77. The molecule has 0 radical (unpaired) electrons. The fourth-order valence-electron chi connectivity index (χ4n) is 4.63. The van der Waals surface area contributed by atoms with Crippen LogP contribution in [0.15, 0.2) is 84.9 Å². The molecule has 4 aromatic rings. The third kappa shape index (κ3) is 2.22. The highest BCUT2D eigenvalue weighted by atomic mass is 35.5. The van der Waals surface area contributed by atoms with Crippen molar-refractivity contribution in [1.82, 2.24) is 0 Å². The van der Waals surface area contributed by atoms with Crippen LogP contribution in [0.25, 0.3) is 10.8 Å². The van der Waals surface area contributed by atoms with Gasteiger partial charge in [0.05, 0.1) is 0 Å². The van der Waals surface area contributed by atoms with Gasteiger partial charge in [-0.3, -0.25) is 0 Å². The van der Waals surface area contributed by atoms with Gasteiger partial charge in [0.25, 0.3) is 5.79 Å². The van der Waals surface area contributed by atoms with Gasteiger partial charge >= 0.3 is 0 Å². The lowest BCUT2D eigenvalue weighted by Gasteiger charge is -2.46. The molecule has 0 unspecified atom stereocenters. The first kappa shape index (κ1) is 16.0. The first-order chi connectivity index (χ1) is 13.7. The third-order valence-corrected chi connectivity index (χ3v) is 6.10. The maximum Gasteiger partial charge on any atom is 0.278 e. The van der Waals surface area contributed by atoms with Crippen molar-refractivity contribution in [3.05, 3.63) is 107 Å². The Hall–Kier alpha value is -2.97. The molecule has 0 aromatic heterocycles. The quantitative estimate of drug-likeness (QED) is 0.365. The van der Waals surface area contributed by atoms with Gasteiger partial charge in [0, 0.05) is 34.1 Å². The summed E-state index contributed by atoms with van der Waals surface area (Å²) >= 11 is 6.36. The maximum atomic E-state index is 6.62. The molecule has 0 spiro atoms. The van der Waals surface area contributed by atoms with Crippen molar-refractivity contribution in [2.24, 2.45) is 0 Å². The van der Waals surface area contributed by atoms with Crippen molar-refractivity contribution in [1.29, 1.82) is 0 Å². The Kier molecular flexibility index (Phi) is 3.30. The first-order valence-electron chi connectivity index (χ1n) is 9.48. The lowest BCUT2D eigenvalue weighted by Crippen LogP contribution is -2.46. The highest BCUT2D eigenvalue weighted by Gasteiger charge is 2.50. The molecule has 4 aromatic carbocycles. The summed E-state index contributed by atoms with van der Waals surface area (Å²) in [5, 5.41) is 3.16. The molecule has 3 heteroatoms. The van der Waals surface area contributed by atoms with Crippen LogP contribution in [0.5, 0.6) is 11.5 Å². The second-order valence-corrected chi connectivity index (χ2v) is 7.90. The summed E-state index contributed by atoms with van der Waals surface area (Å²) in [4.78, 5) is 0. The van der Waals surface area contributed by atoms with E-state index in [0.717, 1.165) is 27.6 Å². The fourth-order valence-corrected chi connectivity index (χ4v) is 4.81. The molecule has 136 valence electrons. The molecular weight excluding hydrogens is 368 g/mol. The Balaban J connectivity index is 1.67. The predicted octanol–water partition coefficient (Wildman–Crippen LogP) is 6.65. The van der Waals surface area contributed by atoms with Gasteiger partial charge in [-0.05, 0) is 35.0 Å². The van der Waals surface area contributed by atoms with E-state index in [1.165, 1.54) is 16.3 Å². The van der Waals surface area contributed by atoms with Gasteiger partial charge in [-0.1, -0.05) is 72.3 Å². The van der Waals surface area contributed by atoms with E-state index in [0.29, 0.717) is 6.42 Å². The van der Waals surface area contributed by atoms with Gasteiger partial charge in [0.15, 0.2) is 0 Å². The maximum absolute atomic E-state index is 6.62. The number of hydrogen-bond donors (Lipinski definition) is 0. The Morgan fingerprint density at radius 1 is 0.786 bits per heavy atom. The van der Waals surface area contributed by atoms with Gasteiger partial charge in [-0.25, -0.2) is 0 Å². The minimum atomic E-state index is -0.831. The molecule has 0 saturated heterocycles. The summed E-state index contributed by atoms with van der Waals surface area (Å²) in [5.74, 6) is 1.03. The molecule has 2 aliphatic rings. The van der Waals surface area contributed by atoms with Gasteiger partial charge in [-0.2, -0.15) is 0 Å². The van der Waals surface area contributed by atoms with Crippen molar-refractivity contribution < 1.29 is 9.47 Å². The van der Waals surface area contributed by atoms with Crippen LogP contribution in [0, 0.1) is 0 Å². The average molecular weight is 385 g/mol. The van der Waals surface area contributed by atoms with Crippen LogP contribution in [0.4, 0.5) is 0 Å². The highest BCUT2D eigenvalue weighted by Crippen LogP contribution is 2.56. The Bertz CT molecular complexity index is 1220. The minimum absolute atomic E-state index is 0.150. The first-order valence-corrected chi connectivity index (χ1v) is 9.86. The normalized spacial score (nSPS) is 22.0. The number of fused-ring (bicyclic) bond motifs is 8. The number of hydrogen-bond acceptors (Lipinski definition) is 2. The SMILES string of the molecule is Clc1ccc2c(c1)[C@H]1C[C@@](c3ccccc3)(O2)Oc2ccc3ccccc3c21.